The minimum Gasteiger partial charge on any atom is -0.497 e. The van der Waals surface area contributed by atoms with Gasteiger partial charge in [-0.25, -0.2) is 0 Å². The van der Waals surface area contributed by atoms with Crippen LogP contribution < -0.4 is 15.1 Å². The minimum atomic E-state index is -0.596. The zero-order chi connectivity index (χ0) is 23.3. The second kappa shape index (κ2) is 8.19. The van der Waals surface area contributed by atoms with Crippen LogP contribution in [0.5, 0.6) is 5.75 Å². The van der Waals surface area contributed by atoms with E-state index in [0.717, 1.165) is 10.0 Å². The van der Waals surface area contributed by atoms with E-state index in [9.17, 15) is 9.59 Å². The van der Waals surface area contributed by atoms with Gasteiger partial charge >= 0.3 is 0 Å². The van der Waals surface area contributed by atoms with Crippen LogP contribution in [0, 0.1) is 0 Å². The number of halogens is 1. The summed E-state index contributed by atoms with van der Waals surface area (Å²) in [5.41, 5.74) is 3.25. The molecule has 1 amide bonds. The van der Waals surface area contributed by atoms with Crippen LogP contribution in [-0.2, 0) is 0 Å². The van der Waals surface area contributed by atoms with Gasteiger partial charge in [0.2, 0.25) is 5.76 Å². The van der Waals surface area contributed by atoms with Gasteiger partial charge in [0, 0.05) is 10.2 Å². The van der Waals surface area contributed by atoms with Gasteiger partial charge < -0.3 is 9.15 Å². The molecule has 33 heavy (non-hydrogen) atoms. The Hall–Kier alpha value is -3.38. The molecule has 1 atom stereocenters. The third-order valence-corrected chi connectivity index (χ3v) is 6.59. The van der Waals surface area contributed by atoms with Crippen molar-refractivity contribution in [3.8, 4) is 5.75 Å². The Morgan fingerprint density at radius 3 is 2.30 bits per heavy atom. The SMILES string of the molecule is COc1ccc(N2C(=O)c3oc4ccc(Br)cc4c(=O)c3C2c2ccc(C(C)C)cc2)cc1. The normalized spacial score (nSPS) is 15.4. The maximum atomic E-state index is 13.7. The molecule has 0 bridgehead atoms. The molecule has 166 valence electrons. The minimum absolute atomic E-state index is 0.0866. The number of ether oxygens (including phenoxy) is 1. The first-order valence-corrected chi connectivity index (χ1v) is 11.5. The highest BCUT2D eigenvalue weighted by molar-refractivity contribution is 9.10. The summed E-state index contributed by atoms with van der Waals surface area (Å²) in [5.74, 6) is 0.810. The molecule has 3 aromatic carbocycles. The van der Waals surface area contributed by atoms with Gasteiger partial charge in [0.1, 0.15) is 11.3 Å². The van der Waals surface area contributed by atoms with Crippen molar-refractivity contribution in [1.29, 1.82) is 0 Å². The first-order chi connectivity index (χ1) is 15.9. The smallest absolute Gasteiger partial charge is 0.295 e. The number of amides is 1. The van der Waals surface area contributed by atoms with Crippen LogP contribution in [0.1, 0.15) is 53.1 Å². The monoisotopic (exact) mass is 503 g/mol. The first-order valence-electron chi connectivity index (χ1n) is 10.7. The van der Waals surface area contributed by atoms with Gasteiger partial charge in [-0.05, 0) is 59.5 Å². The Labute approximate surface area is 199 Å². The summed E-state index contributed by atoms with van der Waals surface area (Å²) in [7, 11) is 1.59. The van der Waals surface area contributed by atoms with Gasteiger partial charge in [-0.3, -0.25) is 14.5 Å². The Bertz CT molecular complexity index is 1420. The molecule has 2 heterocycles. The maximum absolute atomic E-state index is 13.7. The highest BCUT2D eigenvalue weighted by Crippen LogP contribution is 2.42. The van der Waals surface area contributed by atoms with Gasteiger partial charge in [0.15, 0.2) is 5.43 Å². The predicted molar refractivity (Wildman–Crippen MR) is 132 cm³/mol. The van der Waals surface area contributed by atoms with E-state index in [-0.39, 0.29) is 17.1 Å². The summed E-state index contributed by atoms with van der Waals surface area (Å²) >= 11 is 3.43. The van der Waals surface area contributed by atoms with E-state index in [2.05, 4.69) is 29.8 Å². The Balaban J connectivity index is 1.75. The van der Waals surface area contributed by atoms with E-state index in [0.29, 0.717) is 33.9 Å². The highest BCUT2D eigenvalue weighted by atomic mass is 79.9. The first kappa shape index (κ1) is 21.5. The third kappa shape index (κ3) is 3.55. The Morgan fingerprint density at radius 2 is 1.67 bits per heavy atom. The molecule has 0 spiro atoms. The highest BCUT2D eigenvalue weighted by Gasteiger charge is 2.43. The number of nitrogens with zero attached hydrogens (tertiary/aromatic N) is 1. The average Bonchev–Trinajstić information content (AvgIpc) is 3.12. The molecule has 6 heteroatoms. The molecule has 1 unspecified atom stereocenters. The molecular weight excluding hydrogens is 482 g/mol. The molecule has 0 radical (unpaired) electrons. The van der Waals surface area contributed by atoms with E-state index in [1.165, 1.54) is 5.56 Å². The molecule has 0 aliphatic carbocycles. The van der Waals surface area contributed by atoms with E-state index in [1.807, 2.05) is 36.4 Å². The summed E-state index contributed by atoms with van der Waals surface area (Å²) in [6, 6.07) is 20.0. The fourth-order valence-corrected chi connectivity index (χ4v) is 4.69. The molecule has 1 aliphatic rings. The molecule has 0 fully saturated rings. The van der Waals surface area contributed by atoms with Crippen molar-refractivity contribution in [3.05, 3.63) is 104 Å². The van der Waals surface area contributed by atoms with Crippen LogP contribution >= 0.6 is 15.9 Å². The van der Waals surface area contributed by atoms with Crippen molar-refractivity contribution in [2.24, 2.45) is 0 Å². The predicted octanol–water partition coefficient (Wildman–Crippen LogP) is 6.44. The van der Waals surface area contributed by atoms with Gasteiger partial charge in [-0.2, -0.15) is 0 Å². The van der Waals surface area contributed by atoms with Crippen LogP contribution in [0.25, 0.3) is 11.0 Å². The summed E-state index contributed by atoms with van der Waals surface area (Å²) in [5, 5.41) is 0.441. The van der Waals surface area contributed by atoms with Crippen molar-refractivity contribution < 1.29 is 13.9 Å². The largest absolute Gasteiger partial charge is 0.497 e. The molecule has 0 saturated heterocycles. The Kier molecular flexibility index (Phi) is 5.33. The van der Waals surface area contributed by atoms with E-state index in [1.54, 1.807) is 42.3 Å². The van der Waals surface area contributed by atoms with E-state index < -0.39 is 6.04 Å². The number of fused-ring (bicyclic) bond motifs is 2. The summed E-state index contributed by atoms with van der Waals surface area (Å²) in [6.07, 6.45) is 0. The van der Waals surface area contributed by atoms with Crippen LogP contribution in [0.4, 0.5) is 5.69 Å². The lowest BCUT2D eigenvalue weighted by molar-refractivity contribution is 0.0971. The topological polar surface area (TPSA) is 59.8 Å². The lowest BCUT2D eigenvalue weighted by Crippen LogP contribution is -2.29. The second-order valence-corrected chi connectivity index (χ2v) is 9.33. The fraction of sp³-hybridized carbons (Fsp3) is 0.185. The number of rotatable bonds is 4. The summed E-state index contributed by atoms with van der Waals surface area (Å²) < 4.78 is 12.1. The number of hydrogen-bond acceptors (Lipinski definition) is 4. The average molecular weight is 504 g/mol. The maximum Gasteiger partial charge on any atom is 0.295 e. The number of hydrogen-bond donors (Lipinski definition) is 0. The number of carbonyl (C=O) groups is 1. The summed E-state index contributed by atoms with van der Waals surface area (Å²) in [4.78, 5) is 28.9. The van der Waals surface area contributed by atoms with Gasteiger partial charge in [-0.1, -0.05) is 54.0 Å². The molecule has 0 saturated carbocycles. The molecular formula is C27H22BrNO4. The molecule has 5 rings (SSSR count). The third-order valence-electron chi connectivity index (χ3n) is 6.10. The zero-order valence-electron chi connectivity index (χ0n) is 18.5. The number of anilines is 1. The summed E-state index contributed by atoms with van der Waals surface area (Å²) in [6.45, 7) is 4.26. The van der Waals surface area contributed by atoms with Crippen molar-refractivity contribution in [2.45, 2.75) is 25.8 Å². The number of benzene rings is 3. The molecule has 4 aromatic rings. The molecule has 0 N–H and O–H groups in total. The van der Waals surface area contributed by atoms with Crippen LogP contribution in [-0.4, -0.2) is 13.0 Å². The van der Waals surface area contributed by atoms with Crippen molar-refractivity contribution in [1.82, 2.24) is 0 Å². The van der Waals surface area contributed by atoms with Gasteiger partial charge in [0.05, 0.1) is 24.1 Å². The van der Waals surface area contributed by atoms with Crippen molar-refractivity contribution >= 4 is 38.5 Å². The quantitative estimate of drug-likeness (QED) is 0.321. The number of methoxy groups -OCH3 is 1. The molecule has 5 nitrogen and oxygen atoms in total. The van der Waals surface area contributed by atoms with Crippen LogP contribution in [0.2, 0.25) is 0 Å². The molecule has 1 aromatic heterocycles. The lowest BCUT2D eigenvalue weighted by Gasteiger charge is -2.25. The van der Waals surface area contributed by atoms with Crippen LogP contribution in [0.15, 0.2) is 80.4 Å². The zero-order valence-corrected chi connectivity index (χ0v) is 20.0. The van der Waals surface area contributed by atoms with Crippen LogP contribution in [0.3, 0.4) is 0 Å². The number of carbonyl (C=O) groups excluding carboxylic acids is 1. The van der Waals surface area contributed by atoms with Crippen molar-refractivity contribution in [2.75, 3.05) is 12.0 Å². The fourth-order valence-electron chi connectivity index (χ4n) is 4.33. The lowest BCUT2D eigenvalue weighted by atomic mass is 9.95. The second-order valence-electron chi connectivity index (χ2n) is 8.41. The van der Waals surface area contributed by atoms with Gasteiger partial charge in [0.25, 0.3) is 5.91 Å². The Morgan fingerprint density at radius 1 is 0.970 bits per heavy atom. The standard InChI is InChI=1S/C27H22BrNO4/c1-15(2)16-4-6-17(7-5-16)24-23-25(30)21-14-18(28)8-13-22(21)33-26(23)27(31)29(24)19-9-11-20(32-3)12-10-19/h4-15,24H,1-3H3. The van der Waals surface area contributed by atoms with E-state index in [4.69, 9.17) is 9.15 Å². The van der Waals surface area contributed by atoms with Crippen molar-refractivity contribution in [3.63, 3.8) is 0 Å². The molecule has 1 aliphatic heterocycles. The van der Waals surface area contributed by atoms with Gasteiger partial charge in [-0.15, -0.1) is 0 Å². The van der Waals surface area contributed by atoms with E-state index >= 15 is 0 Å².